The van der Waals surface area contributed by atoms with Gasteiger partial charge in [-0.05, 0) is 6.92 Å². The average molecular weight is 245 g/mol. The van der Waals surface area contributed by atoms with E-state index in [4.69, 9.17) is 22.8 Å². The maximum absolute atomic E-state index is 9.82. The van der Waals surface area contributed by atoms with E-state index in [9.17, 15) is 4.79 Å². The SMILES string of the molecule is CC#N.CCOC(C)=O.O.O=S(=O)(O)O. The van der Waals surface area contributed by atoms with Crippen molar-refractivity contribution in [2.75, 3.05) is 6.61 Å². The summed E-state index contributed by atoms with van der Waals surface area (Å²) in [4.78, 5) is 9.82. The molecular weight excluding hydrogens is 230 g/mol. The molecule has 0 aliphatic carbocycles. The molecular formula is C6H15NO7S. The van der Waals surface area contributed by atoms with Crippen molar-refractivity contribution in [3.63, 3.8) is 0 Å². The van der Waals surface area contributed by atoms with Gasteiger partial charge in [-0.2, -0.15) is 13.7 Å². The van der Waals surface area contributed by atoms with Crippen LogP contribution in [0.3, 0.4) is 0 Å². The van der Waals surface area contributed by atoms with E-state index in [-0.39, 0.29) is 11.4 Å². The van der Waals surface area contributed by atoms with E-state index in [1.165, 1.54) is 13.8 Å². The predicted octanol–water partition coefficient (Wildman–Crippen LogP) is -0.378. The number of esters is 1. The van der Waals surface area contributed by atoms with Crippen LogP contribution in [-0.2, 0) is 19.9 Å². The maximum Gasteiger partial charge on any atom is 0.394 e. The van der Waals surface area contributed by atoms with Crippen LogP contribution >= 0.6 is 0 Å². The molecule has 0 spiro atoms. The van der Waals surface area contributed by atoms with Gasteiger partial charge >= 0.3 is 16.4 Å². The Labute approximate surface area is 88.4 Å². The van der Waals surface area contributed by atoms with Crippen molar-refractivity contribution >= 4 is 16.4 Å². The zero-order valence-electron chi connectivity index (χ0n) is 8.59. The number of rotatable bonds is 1. The summed E-state index contributed by atoms with van der Waals surface area (Å²) in [5.41, 5.74) is 0. The van der Waals surface area contributed by atoms with Gasteiger partial charge in [0, 0.05) is 13.8 Å². The van der Waals surface area contributed by atoms with Gasteiger partial charge in [-0.25, -0.2) is 0 Å². The number of hydrogen-bond donors (Lipinski definition) is 2. The Bertz CT molecular complexity index is 258. The van der Waals surface area contributed by atoms with E-state index in [1.54, 1.807) is 13.0 Å². The molecule has 92 valence electrons. The van der Waals surface area contributed by atoms with E-state index in [1.807, 2.05) is 0 Å². The Hall–Kier alpha value is -1.21. The summed E-state index contributed by atoms with van der Waals surface area (Å²) in [6, 6.07) is 1.75. The summed E-state index contributed by atoms with van der Waals surface area (Å²) in [7, 11) is -4.67. The van der Waals surface area contributed by atoms with Crippen LogP contribution in [0.2, 0.25) is 0 Å². The van der Waals surface area contributed by atoms with Gasteiger partial charge < -0.3 is 10.2 Å². The van der Waals surface area contributed by atoms with E-state index >= 15 is 0 Å². The van der Waals surface area contributed by atoms with E-state index < -0.39 is 10.4 Å². The predicted molar refractivity (Wildman–Crippen MR) is 51.4 cm³/mol. The molecule has 0 amide bonds. The van der Waals surface area contributed by atoms with Gasteiger partial charge in [0.25, 0.3) is 0 Å². The second kappa shape index (κ2) is 15.3. The van der Waals surface area contributed by atoms with Crippen molar-refractivity contribution in [2.24, 2.45) is 0 Å². The zero-order valence-corrected chi connectivity index (χ0v) is 9.41. The molecule has 0 rings (SSSR count). The number of nitrogens with zero attached hydrogens (tertiary/aromatic N) is 1. The number of nitriles is 1. The van der Waals surface area contributed by atoms with Crippen molar-refractivity contribution in [3.05, 3.63) is 0 Å². The maximum atomic E-state index is 9.82. The summed E-state index contributed by atoms with van der Waals surface area (Å²) in [5, 5.41) is 7.32. The fourth-order valence-electron chi connectivity index (χ4n) is 0.203. The Morgan fingerprint density at radius 2 is 1.67 bits per heavy atom. The lowest BCUT2D eigenvalue weighted by molar-refractivity contribution is -0.140. The van der Waals surface area contributed by atoms with Crippen LogP contribution in [0.25, 0.3) is 0 Å². The minimum Gasteiger partial charge on any atom is -0.466 e. The molecule has 0 saturated heterocycles. The van der Waals surface area contributed by atoms with Gasteiger partial charge in [-0.1, -0.05) is 0 Å². The van der Waals surface area contributed by atoms with Crippen molar-refractivity contribution in [1.29, 1.82) is 5.26 Å². The third-order valence-electron chi connectivity index (χ3n) is 0.348. The fraction of sp³-hybridized carbons (Fsp3) is 0.667. The summed E-state index contributed by atoms with van der Waals surface area (Å²) < 4.78 is 36.0. The number of carbonyl (C=O) groups excluding carboxylic acids is 1. The highest BCUT2D eigenvalue weighted by Gasteiger charge is 1.84. The lowest BCUT2D eigenvalue weighted by Crippen LogP contribution is -1.95. The first kappa shape index (κ1) is 23.5. The molecule has 8 nitrogen and oxygen atoms in total. The number of ether oxygens (including phenoxy) is 1. The minimum absolute atomic E-state index is 0. The molecule has 0 unspecified atom stereocenters. The van der Waals surface area contributed by atoms with Crippen LogP contribution in [0.4, 0.5) is 0 Å². The second-order valence-electron chi connectivity index (χ2n) is 1.60. The first-order chi connectivity index (χ1) is 6.18. The second-order valence-corrected chi connectivity index (χ2v) is 2.49. The molecule has 0 bridgehead atoms. The van der Waals surface area contributed by atoms with Crippen molar-refractivity contribution in [2.45, 2.75) is 20.8 Å². The highest BCUT2D eigenvalue weighted by atomic mass is 32.3. The summed E-state index contributed by atoms with van der Waals surface area (Å²) in [5.74, 6) is -0.211. The largest absolute Gasteiger partial charge is 0.466 e. The fourth-order valence-corrected chi connectivity index (χ4v) is 0.203. The quantitative estimate of drug-likeness (QED) is 0.470. The molecule has 0 atom stereocenters. The molecule has 0 heterocycles. The van der Waals surface area contributed by atoms with Crippen LogP contribution in [0.5, 0.6) is 0 Å². The Morgan fingerprint density at radius 3 is 1.67 bits per heavy atom. The van der Waals surface area contributed by atoms with Gasteiger partial charge in [-0.15, -0.1) is 0 Å². The summed E-state index contributed by atoms with van der Waals surface area (Å²) >= 11 is 0. The molecule has 0 saturated carbocycles. The monoisotopic (exact) mass is 245 g/mol. The topological polar surface area (TPSA) is 156 Å². The third-order valence-corrected chi connectivity index (χ3v) is 0.348. The van der Waals surface area contributed by atoms with Gasteiger partial charge in [0.15, 0.2) is 0 Å². The molecule has 0 aromatic heterocycles. The van der Waals surface area contributed by atoms with E-state index in [2.05, 4.69) is 4.74 Å². The molecule has 0 aromatic rings. The molecule has 0 aliphatic heterocycles. The standard InChI is InChI=1S/C4H8O2.C2H3N.H2O4S.H2O/c1-3-6-4(2)5;1-2-3;1-5(2,3)4;/h3H2,1-2H3;1H3;(H2,1,2,3,4);1H2. The van der Waals surface area contributed by atoms with Gasteiger partial charge in [-0.3, -0.25) is 13.9 Å². The number of carbonyl (C=O) groups is 1. The van der Waals surface area contributed by atoms with Crippen LogP contribution in [0, 0.1) is 11.3 Å². The highest BCUT2D eigenvalue weighted by molar-refractivity contribution is 7.79. The molecule has 0 fully saturated rings. The Balaban J connectivity index is -0.0000000617. The van der Waals surface area contributed by atoms with E-state index in [0.29, 0.717) is 6.61 Å². The lowest BCUT2D eigenvalue weighted by Gasteiger charge is -1.89. The van der Waals surface area contributed by atoms with Crippen LogP contribution < -0.4 is 0 Å². The van der Waals surface area contributed by atoms with Crippen LogP contribution in [-0.4, -0.2) is 35.6 Å². The van der Waals surface area contributed by atoms with Gasteiger partial charge in [0.2, 0.25) is 0 Å². The molecule has 0 radical (unpaired) electrons. The van der Waals surface area contributed by atoms with Gasteiger partial charge in [0.05, 0.1) is 12.7 Å². The van der Waals surface area contributed by atoms with E-state index in [0.717, 1.165) is 0 Å². The average Bonchev–Trinajstić information content (AvgIpc) is 1.83. The van der Waals surface area contributed by atoms with Crippen LogP contribution in [0.1, 0.15) is 20.8 Å². The summed E-state index contributed by atoms with van der Waals surface area (Å²) in [6.45, 7) is 5.08. The number of hydrogen-bond acceptors (Lipinski definition) is 5. The van der Waals surface area contributed by atoms with Crippen molar-refractivity contribution < 1.29 is 32.5 Å². The molecule has 0 aliphatic rings. The lowest BCUT2D eigenvalue weighted by atomic mass is 10.8. The normalized spacial score (nSPS) is 7.47. The molecule has 0 aromatic carbocycles. The Morgan fingerprint density at radius 1 is 1.47 bits per heavy atom. The molecule has 15 heavy (non-hydrogen) atoms. The highest BCUT2D eigenvalue weighted by Crippen LogP contribution is 1.69. The first-order valence-electron chi connectivity index (χ1n) is 3.33. The smallest absolute Gasteiger partial charge is 0.394 e. The van der Waals surface area contributed by atoms with Crippen molar-refractivity contribution in [1.82, 2.24) is 0 Å². The van der Waals surface area contributed by atoms with Crippen LogP contribution in [0.15, 0.2) is 0 Å². The minimum atomic E-state index is -4.67. The molecule has 4 N–H and O–H groups in total. The zero-order chi connectivity index (χ0) is 12.2. The first-order valence-corrected chi connectivity index (χ1v) is 4.72. The molecule has 9 heteroatoms. The van der Waals surface area contributed by atoms with Gasteiger partial charge in [0.1, 0.15) is 0 Å². The van der Waals surface area contributed by atoms with Crippen molar-refractivity contribution in [3.8, 4) is 6.07 Å². The summed E-state index contributed by atoms with van der Waals surface area (Å²) in [6.07, 6.45) is 0. The Kier molecular flexibility index (Phi) is 24.0. The third kappa shape index (κ3) is 465.